The normalized spacial score (nSPS) is 34.9. The number of benzene rings is 1. The van der Waals surface area contributed by atoms with Crippen LogP contribution in [0.2, 0.25) is 0 Å². The Balaban J connectivity index is 1.32. The minimum Gasteiger partial charge on any atom is -0.494 e. The zero-order valence-corrected chi connectivity index (χ0v) is 40.4. The van der Waals surface area contributed by atoms with E-state index in [2.05, 4.69) is 15.5 Å². The maximum atomic E-state index is 14.4. The zero-order valence-electron chi connectivity index (χ0n) is 40.4. The molecule has 3 N–H and O–H groups in total. The van der Waals surface area contributed by atoms with Gasteiger partial charge in [-0.25, -0.2) is 0 Å². The van der Waals surface area contributed by atoms with Crippen LogP contribution in [0.1, 0.15) is 112 Å². The standard InChI is InChI=1S/C47H74N6O13/c1-11-38-47(8,58)42(56)30(4)39(49-66-36-15-12-13-16-36)28(2)26-46(7,61-10)43(31(5)40(54)32(6)44(57)64-38)65-45-41(55)37(25-29(3)63-45)51(9)23-21-33-27-52(50-48-33)22-14-24-62-35-19-17-34(18-20-35)53(59)60/h17-20,27-32,36-38,41-43,45,55-56,58H,11-16,21-26H2,1-10H3/b49-39+/t28-,29-,30+,31+,32-,37+,38-,41-,42-,43-,45+,46-,47-/m1/s1. The Morgan fingerprint density at radius 3 is 2.38 bits per heavy atom. The number of aromatic nitrogens is 3. The van der Waals surface area contributed by atoms with Crippen molar-refractivity contribution in [3.63, 3.8) is 0 Å². The predicted molar refractivity (Wildman–Crippen MR) is 242 cm³/mol. The number of nitro benzene ring substituents is 1. The van der Waals surface area contributed by atoms with Crippen molar-refractivity contribution in [3.8, 4) is 5.75 Å². The molecule has 3 heterocycles. The minimum absolute atomic E-state index is 0.00142. The number of ether oxygens (including phenoxy) is 5. The molecule has 0 bridgehead atoms. The second-order valence-electron chi connectivity index (χ2n) is 19.2. The highest BCUT2D eigenvalue weighted by Gasteiger charge is 2.52. The predicted octanol–water partition coefficient (Wildman–Crippen LogP) is 5.05. The van der Waals surface area contributed by atoms with Gasteiger partial charge in [-0.3, -0.25) is 24.4 Å². The Morgan fingerprint density at radius 2 is 1.74 bits per heavy atom. The minimum atomic E-state index is -1.91. The Morgan fingerprint density at radius 1 is 1.06 bits per heavy atom. The van der Waals surface area contributed by atoms with E-state index in [1.807, 2.05) is 38.9 Å². The number of aliphatic hydroxyl groups is 3. The second kappa shape index (κ2) is 23.3. The quantitative estimate of drug-likeness (QED) is 0.0656. The molecule has 0 radical (unpaired) electrons. The number of rotatable bonds is 16. The molecule has 3 fully saturated rings. The zero-order chi connectivity index (χ0) is 48.5. The molecule has 66 heavy (non-hydrogen) atoms. The molecular formula is C47H74N6O13. The van der Waals surface area contributed by atoms with Crippen molar-refractivity contribution >= 4 is 23.2 Å². The third-order valence-electron chi connectivity index (χ3n) is 14.0. The van der Waals surface area contributed by atoms with E-state index in [0.717, 1.165) is 31.4 Å². The lowest BCUT2D eigenvalue weighted by atomic mass is 9.74. The molecule has 0 unspecified atom stereocenters. The van der Waals surface area contributed by atoms with Crippen molar-refractivity contribution in [3.05, 3.63) is 46.3 Å². The summed E-state index contributed by atoms with van der Waals surface area (Å²) in [4.78, 5) is 46.7. The number of aliphatic hydroxyl groups excluding tert-OH is 2. The molecule has 5 rings (SSSR count). The summed E-state index contributed by atoms with van der Waals surface area (Å²) in [5.41, 5.74) is -1.93. The molecule has 2 aromatic rings. The van der Waals surface area contributed by atoms with E-state index in [1.54, 1.807) is 37.6 Å². The summed E-state index contributed by atoms with van der Waals surface area (Å²) in [6.45, 7) is 15.2. The van der Waals surface area contributed by atoms with Gasteiger partial charge >= 0.3 is 5.97 Å². The number of nitrogens with zero attached hydrogens (tertiary/aromatic N) is 6. The Kier molecular flexibility index (Phi) is 18.6. The number of likely N-dealkylation sites (N-methyl/N-ethyl adjacent to an activating group) is 1. The number of hydrogen-bond donors (Lipinski definition) is 3. The van der Waals surface area contributed by atoms with Crippen LogP contribution < -0.4 is 4.74 Å². The van der Waals surface area contributed by atoms with Crippen LogP contribution in [-0.4, -0.2) is 145 Å². The number of esters is 1. The van der Waals surface area contributed by atoms with Gasteiger partial charge < -0.3 is 48.7 Å². The summed E-state index contributed by atoms with van der Waals surface area (Å²) in [6.07, 6.45) is 1.23. The highest BCUT2D eigenvalue weighted by atomic mass is 16.7. The fourth-order valence-corrected chi connectivity index (χ4v) is 9.77. The van der Waals surface area contributed by atoms with Gasteiger partial charge in [0.05, 0.1) is 46.8 Å². The Labute approximate surface area is 388 Å². The molecule has 13 atom stereocenters. The molecular weight excluding hydrogens is 857 g/mol. The molecule has 1 aromatic heterocycles. The van der Waals surface area contributed by atoms with Crippen molar-refractivity contribution in [2.24, 2.45) is 28.8 Å². The number of carbonyl (C=O) groups excluding carboxylic acids is 2. The Bertz CT molecular complexity index is 1920. The number of nitro groups is 1. The van der Waals surface area contributed by atoms with E-state index >= 15 is 0 Å². The second-order valence-corrected chi connectivity index (χ2v) is 19.2. The maximum absolute atomic E-state index is 14.4. The molecule has 2 aliphatic heterocycles. The number of oxime groups is 1. The smallest absolute Gasteiger partial charge is 0.316 e. The van der Waals surface area contributed by atoms with Gasteiger partial charge in [-0.2, -0.15) is 0 Å². The van der Waals surface area contributed by atoms with Crippen LogP contribution in [0, 0.1) is 33.8 Å². The van der Waals surface area contributed by atoms with Crippen LogP contribution in [0.25, 0.3) is 0 Å². The summed E-state index contributed by atoms with van der Waals surface area (Å²) in [7, 11) is 3.43. The van der Waals surface area contributed by atoms with Gasteiger partial charge in [0.15, 0.2) is 12.1 Å². The number of methoxy groups -OCH3 is 1. The molecule has 1 saturated carbocycles. The first-order valence-electron chi connectivity index (χ1n) is 23.6. The number of ketones is 1. The summed E-state index contributed by atoms with van der Waals surface area (Å²) in [6, 6.07) is 5.52. The molecule has 19 nitrogen and oxygen atoms in total. The van der Waals surface area contributed by atoms with Crippen LogP contribution in [0.15, 0.2) is 35.6 Å². The van der Waals surface area contributed by atoms with Crippen LogP contribution >= 0.6 is 0 Å². The van der Waals surface area contributed by atoms with Crippen LogP contribution in [0.4, 0.5) is 5.69 Å². The lowest BCUT2D eigenvalue weighted by molar-refractivity contribution is -0.384. The van der Waals surface area contributed by atoms with Crippen LogP contribution in [0.5, 0.6) is 5.75 Å². The fourth-order valence-electron chi connectivity index (χ4n) is 9.77. The van der Waals surface area contributed by atoms with Gasteiger partial charge in [0, 0.05) is 75.2 Å². The van der Waals surface area contributed by atoms with Crippen molar-refractivity contribution in [2.75, 3.05) is 27.3 Å². The number of carbonyl (C=O) groups is 2. The molecule has 370 valence electrons. The molecule has 1 aliphatic carbocycles. The summed E-state index contributed by atoms with van der Waals surface area (Å²) in [5, 5.41) is 59.9. The highest BCUT2D eigenvalue weighted by Crippen LogP contribution is 2.39. The summed E-state index contributed by atoms with van der Waals surface area (Å²) >= 11 is 0. The van der Waals surface area contributed by atoms with E-state index in [1.165, 1.54) is 33.1 Å². The fraction of sp³-hybridized carbons (Fsp3) is 0.766. The third-order valence-corrected chi connectivity index (χ3v) is 14.0. The molecule has 0 spiro atoms. The number of non-ortho nitro benzene ring substituents is 1. The lowest BCUT2D eigenvalue weighted by Gasteiger charge is -2.47. The van der Waals surface area contributed by atoms with Gasteiger partial charge in [-0.15, -0.1) is 5.10 Å². The number of aryl methyl sites for hydroxylation is 1. The third kappa shape index (κ3) is 12.9. The monoisotopic (exact) mass is 931 g/mol. The number of cyclic esters (lactones) is 1. The van der Waals surface area contributed by atoms with Crippen LogP contribution in [-0.2, 0) is 46.3 Å². The number of hydrogen-bond acceptors (Lipinski definition) is 17. The average molecular weight is 931 g/mol. The van der Waals surface area contributed by atoms with Gasteiger partial charge in [0.25, 0.3) is 5.69 Å². The molecule has 3 aliphatic rings. The first-order valence-corrected chi connectivity index (χ1v) is 23.6. The van der Waals surface area contributed by atoms with Crippen molar-refractivity contribution in [1.29, 1.82) is 0 Å². The van der Waals surface area contributed by atoms with Crippen molar-refractivity contribution in [1.82, 2.24) is 19.9 Å². The van der Waals surface area contributed by atoms with E-state index in [-0.39, 0.29) is 30.7 Å². The van der Waals surface area contributed by atoms with E-state index in [9.17, 15) is 35.0 Å². The molecule has 2 saturated heterocycles. The Hall–Kier alpha value is -4.11. The van der Waals surface area contributed by atoms with Gasteiger partial charge in [0.2, 0.25) is 0 Å². The van der Waals surface area contributed by atoms with Crippen molar-refractivity contribution < 1.29 is 58.4 Å². The average Bonchev–Trinajstić information content (AvgIpc) is 4.00. The van der Waals surface area contributed by atoms with E-state index < -0.39 is 88.3 Å². The SMILES string of the molecule is CC[C@H]1OC(=O)[C@H](C)C(=O)[C@H](C)[C@@H](O[C@@H]2O[C@H](C)C[C@H](N(C)CCc3cn(CCCOc4ccc([N+](=O)[O-])cc4)nn3)[C@H]2O)[C@](C)(OC)C[C@@H](C)/C(=N\OC2CCCC2)[C@H](C)[C@@H](O)[C@]1(C)O. The summed E-state index contributed by atoms with van der Waals surface area (Å²) < 4.78 is 32.7. The maximum Gasteiger partial charge on any atom is 0.316 e. The van der Waals surface area contributed by atoms with Gasteiger partial charge in [0.1, 0.15) is 35.6 Å². The number of Topliss-reactive ketones (excluding diaryl/α,β-unsaturated/α-hetero) is 1. The van der Waals surface area contributed by atoms with Crippen molar-refractivity contribution in [2.45, 2.75) is 180 Å². The first-order chi connectivity index (χ1) is 31.2. The lowest BCUT2D eigenvalue weighted by Crippen LogP contribution is -2.60. The highest BCUT2D eigenvalue weighted by molar-refractivity contribution is 6.00. The largest absolute Gasteiger partial charge is 0.494 e. The molecule has 0 amide bonds. The molecule has 19 heteroatoms. The first kappa shape index (κ1) is 52.9. The van der Waals surface area contributed by atoms with Gasteiger partial charge in [-0.05, 0) is 91.8 Å². The van der Waals surface area contributed by atoms with Crippen LogP contribution in [0.3, 0.4) is 0 Å². The van der Waals surface area contributed by atoms with E-state index in [0.29, 0.717) is 50.4 Å². The van der Waals surface area contributed by atoms with Gasteiger partial charge in [-0.1, -0.05) is 38.1 Å². The summed E-state index contributed by atoms with van der Waals surface area (Å²) in [5.74, 6) is -4.25. The topological polar surface area (TPSA) is 240 Å². The van der Waals surface area contributed by atoms with E-state index in [4.69, 9.17) is 28.5 Å². The molecule has 1 aromatic carbocycles.